The lowest BCUT2D eigenvalue weighted by Crippen LogP contribution is -2.30. The van der Waals surface area contributed by atoms with Crippen molar-refractivity contribution in [3.05, 3.63) is 36.5 Å². The largest absolute Gasteiger partial charge is 0.389 e. The van der Waals surface area contributed by atoms with Crippen LogP contribution in [-0.4, -0.2) is 34.0 Å². The second-order valence-corrected chi connectivity index (χ2v) is 8.36. The molecule has 28 heavy (non-hydrogen) atoms. The number of unbranched alkanes of at least 4 members (excludes halogenated alkanes) is 2. The van der Waals surface area contributed by atoms with E-state index in [4.69, 9.17) is 5.11 Å². The predicted molar refractivity (Wildman–Crippen MR) is 112 cm³/mol. The fourth-order valence-corrected chi connectivity index (χ4v) is 3.99. The second kappa shape index (κ2) is 11.5. The van der Waals surface area contributed by atoms with E-state index in [9.17, 15) is 14.7 Å². The summed E-state index contributed by atoms with van der Waals surface area (Å²) < 4.78 is 0. The molecule has 0 heterocycles. The summed E-state index contributed by atoms with van der Waals surface area (Å²) in [6.07, 6.45) is 20.4. The predicted octanol–water partition coefficient (Wildman–Crippen LogP) is 4.31. The number of aliphatic hydroxyl groups excluding tert-OH is 1. The van der Waals surface area contributed by atoms with Crippen molar-refractivity contribution in [2.75, 3.05) is 6.61 Å². The van der Waals surface area contributed by atoms with E-state index < -0.39 is 5.60 Å². The van der Waals surface area contributed by atoms with Gasteiger partial charge in [0.25, 0.3) is 0 Å². The number of aliphatic hydroxyl groups is 2. The van der Waals surface area contributed by atoms with Crippen LogP contribution in [0.5, 0.6) is 0 Å². The Morgan fingerprint density at radius 2 is 2.04 bits per heavy atom. The highest BCUT2D eigenvalue weighted by molar-refractivity contribution is 5.95. The molecule has 0 aromatic rings. The molecule has 2 aliphatic carbocycles. The number of rotatable bonds is 14. The molecule has 2 aliphatic rings. The Morgan fingerprint density at radius 1 is 1.25 bits per heavy atom. The maximum atomic E-state index is 12.2. The number of allylic oxidation sites excluding steroid dienone is 5. The number of Topliss-reactive ketones (excluding diaryl/α,β-unsaturated/α-hetero) is 1. The first-order valence-electron chi connectivity index (χ1n) is 10.9. The highest BCUT2D eigenvalue weighted by atomic mass is 16.3. The van der Waals surface area contributed by atoms with Crippen LogP contribution in [0.2, 0.25) is 0 Å². The summed E-state index contributed by atoms with van der Waals surface area (Å²) in [5, 5.41) is 19.7. The van der Waals surface area contributed by atoms with Gasteiger partial charge in [-0.15, -0.1) is 0 Å². The van der Waals surface area contributed by atoms with Gasteiger partial charge >= 0.3 is 0 Å². The smallest absolute Gasteiger partial charge is 0.159 e. The first-order valence-corrected chi connectivity index (χ1v) is 10.9. The zero-order valence-electron chi connectivity index (χ0n) is 17.2. The van der Waals surface area contributed by atoms with Gasteiger partial charge in [0.05, 0.1) is 5.60 Å². The molecule has 1 fully saturated rings. The van der Waals surface area contributed by atoms with E-state index in [0.29, 0.717) is 25.2 Å². The van der Waals surface area contributed by atoms with Crippen LogP contribution in [0.4, 0.5) is 0 Å². The first-order chi connectivity index (χ1) is 13.5. The first kappa shape index (κ1) is 22.8. The molecule has 156 valence electrons. The topological polar surface area (TPSA) is 74.6 Å². The van der Waals surface area contributed by atoms with Crippen LogP contribution in [0.3, 0.4) is 0 Å². The van der Waals surface area contributed by atoms with Gasteiger partial charge in [-0.1, -0.05) is 50.1 Å². The quantitative estimate of drug-likeness (QED) is 0.343. The molecule has 0 aromatic carbocycles. The maximum Gasteiger partial charge on any atom is 0.159 e. The van der Waals surface area contributed by atoms with Gasteiger partial charge in [0.1, 0.15) is 6.61 Å². The summed E-state index contributed by atoms with van der Waals surface area (Å²) in [7, 11) is 0. The Balaban J connectivity index is 1.79. The Morgan fingerprint density at radius 3 is 2.71 bits per heavy atom. The minimum Gasteiger partial charge on any atom is -0.389 e. The molecule has 0 bridgehead atoms. The number of carbonyl (C=O) groups is 2. The van der Waals surface area contributed by atoms with E-state index in [1.165, 1.54) is 0 Å². The van der Waals surface area contributed by atoms with Gasteiger partial charge in [-0.3, -0.25) is 9.59 Å². The SMILES string of the molecule is CCCCC(O)(CC=C[C@H]1C=CC(=O)[C@@H]1CC=CCCCC(=O)CO)C1CC1. The molecule has 0 spiro atoms. The van der Waals surface area contributed by atoms with Gasteiger partial charge in [0.15, 0.2) is 11.6 Å². The van der Waals surface area contributed by atoms with Crippen LogP contribution in [0.25, 0.3) is 0 Å². The average molecular weight is 389 g/mol. The summed E-state index contributed by atoms with van der Waals surface area (Å²) in [6.45, 7) is 1.77. The standard InChI is InChI=1S/C24H36O4/c1-2-3-16-24(28,20-13-14-20)17-8-9-19-12-15-23(27)22(19)11-7-5-4-6-10-21(26)18-25/h5,7-9,12,15,19-20,22,25,28H,2-4,6,10-11,13-14,16-18H2,1H3/t19-,22+,24?/m0/s1. The van der Waals surface area contributed by atoms with E-state index in [1.54, 1.807) is 6.08 Å². The van der Waals surface area contributed by atoms with Gasteiger partial charge in [0.2, 0.25) is 0 Å². The van der Waals surface area contributed by atoms with Crippen LogP contribution in [0.1, 0.15) is 71.1 Å². The maximum absolute atomic E-state index is 12.2. The van der Waals surface area contributed by atoms with E-state index >= 15 is 0 Å². The number of hydrogen-bond donors (Lipinski definition) is 2. The van der Waals surface area contributed by atoms with Crippen LogP contribution in [0, 0.1) is 17.8 Å². The molecular weight excluding hydrogens is 352 g/mol. The summed E-state index contributed by atoms with van der Waals surface area (Å²) in [4.78, 5) is 23.2. The molecule has 3 atom stereocenters. The molecule has 0 radical (unpaired) electrons. The Bertz CT molecular complexity index is 600. The Kier molecular flexibility index (Phi) is 9.33. The summed E-state index contributed by atoms with van der Waals surface area (Å²) in [6, 6.07) is 0. The average Bonchev–Trinajstić information content (AvgIpc) is 3.49. The molecule has 0 saturated heterocycles. The molecule has 4 heteroatoms. The zero-order valence-corrected chi connectivity index (χ0v) is 17.2. The number of hydrogen-bond acceptors (Lipinski definition) is 4. The molecule has 1 unspecified atom stereocenters. The molecule has 0 aromatic heterocycles. The van der Waals surface area contributed by atoms with Gasteiger partial charge in [0, 0.05) is 18.3 Å². The highest BCUT2D eigenvalue weighted by Gasteiger charge is 2.42. The zero-order chi connectivity index (χ0) is 20.4. The summed E-state index contributed by atoms with van der Waals surface area (Å²) in [5.41, 5.74) is -0.569. The van der Waals surface area contributed by atoms with Gasteiger partial charge < -0.3 is 10.2 Å². The van der Waals surface area contributed by atoms with Crippen molar-refractivity contribution < 1.29 is 19.8 Å². The normalized spacial score (nSPS) is 24.5. The number of ketones is 2. The third-order valence-corrected chi connectivity index (χ3v) is 6.00. The molecule has 2 rings (SSSR count). The van der Waals surface area contributed by atoms with Gasteiger partial charge in [-0.25, -0.2) is 0 Å². The monoisotopic (exact) mass is 388 g/mol. The van der Waals surface area contributed by atoms with E-state index in [1.807, 2.05) is 18.2 Å². The number of carbonyl (C=O) groups excluding carboxylic acids is 2. The van der Waals surface area contributed by atoms with Crippen molar-refractivity contribution in [2.45, 2.75) is 76.7 Å². The molecular formula is C24H36O4. The van der Waals surface area contributed by atoms with Crippen molar-refractivity contribution in [3.8, 4) is 0 Å². The van der Waals surface area contributed by atoms with Crippen LogP contribution in [0.15, 0.2) is 36.5 Å². The molecule has 4 nitrogen and oxygen atoms in total. The summed E-state index contributed by atoms with van der Waals surface area (Å²) >= 11 is 0. The summed E-state index contributed by atoms with van der Waals surface area (Å²) in [5.74, 6) is 0.525. The molecule has 0 amide bonds. The highest BCUT2D eigenvalue weighted by Crippen LogP contribution is 2.44. The van der Waals surface area contributed by atoms with Crippen molar-refractivity contribution in [2.24, 2.45) is 17.8 Å². The second-order valence-electron chi connectivity index (χ2n) is 8.36. The van der Waals surface area contributed by atoms with Crippen LogP contribution >= 0.6 is 0 Å². The molecule has 2 N–H and O–H groups in total. The lowest BCUT2D eigenvalue weighted by Gasteiger charge is -2.27. The Hall–Kier alpha value is -1.52. The lowest BCUT2D eigenvalue weighted by molar-refractivity contribution is -0.121. The molecule has 0 aliphatic heterocycles. The van der Waals surface area contributed by atoms with Crippen LogP contribution in [-0.2, 0) is 9.59 Å². The van der Waals surface area contributed by atoms with E-state index in [-0.39, 0.29) is 30.0 Å². The van der Waals surface area contributed by atoms with Gasteiger partial charge in [-0.05, 0) is 56.9 Å². The van der Waals surface area contributed by atoms with Crippen LogP contribution < -0.4 is 0 Å². The van der Waals surface area contributed by atoms with Crippen molar-refractivity contribution in [3.63, 3.8) is 0 Å². The van der Waals surface area contributed by atoms with E-state index in [2.05, 4.69) is 19.1 Å². The molecule has 1 saturated carbocycles. The minimum atomic E-state index is -0.569. The minimum absolute atomic E-state index is 0.0590. The lowest BCUT2D eigenvalue weighted by atomic mass is 9.86. The third kappa shape index (κ3) is 7.14. The third-order valence-electron chi connectivity index (χ3n) is 6.00. The van der Waals surface area contributed by atoms with E-state index in [0.717, 1.165) is 44.9 Å². The van der Waals surface area contributed by atoms with Gasteiger partial charge in [-0.2, -0.15) is 0 Å². The van der Waals surface area contributed by atoms with Crippen molar-refractivity contribution in [1.82, 2.24) is 0 Å². The van der Waals surface area contributed by atoms with Crippen molar-refractivity contribution in [1.29, 1.82) is 0 Å². The Labute approximate surface area is 169 Å². The van der Waals surface area contributed by atoms with Crippen molar-refractivity contribution >= 4 is 11.6 Å². The fraction of sp³-hybridized carbons (Fsp3) is 0.667. The fourth-order valence-electron chi connectivity index (χ4n) is 3.99.